The lowest BCUT2D eigenvalue weighted by Gasteiger charge is -2.11. The highest BCUT2D eigenvalue weighted by Crippen LogP contribution is 2.32. The molecule has 0 unspecified atom stereocenters. The van der Waals surface area contributed by atoms with Gasteiger partial charge in [0.1, 0.15) is 8.51 Å². The lowest BCUT2D eigenvalue weighted by molar-refractivity contribution is 0.578. The highest BCUT2D eigenvalue weighted by Gasteiger charge is 2.17. The molecular weight excluding hydrogens is 179 g/mol. The second kappa shape index (κ2) is 4.23. The van der Waals surface area contributed by atoms with Gasteiger partial charge in [0.25, 0.3) is 0 Å². The minimum Gasteiger partial charge on any atom is -0.325 e. The molecule has 1 aromatic heterocycles. The normalized spacial score (nSPS) is 20.7. The monoisotopic (exact) mass is 196 g/mol. The molecular formula is C10H17N2P. The molecule has 13 heavy (non-hydrogen) atoms. The van der Waals surface area contributed by atoms with Gasteiger partial charge in [-0.15, -0.1) is 0 Å². The van der Waals surface area contributed by atoms with Gasteiger partial charge < -0.3 is 4.75 Å². The van der Waals surface area contributed by atoms with E-state index in [1.807, 2.05) is 0 Å². The van der Waals surface area contributed by atoms with Gasteiger partial charge in [-0.3, -0.25) is 0 Å². The maximum absolute atomic E-state index is 4.52. The quantitative estimate of drug-likeness (QED) is 0.681. The van der Waals surface area contributed by atoms with E-state index in [0.717, 1.165) is 14.4 Å². The second-order valence-electron chi connectivity index (χ2n) is 4.01. The molecule has 1 aliphatic carbocycles. The summed E-state index contributed by atoms with van der Waals surface area (Å²) in [6.07, 6.45) is 8.35. The van der Waals surface area contributed by atoms with Crippen molar-refractivity contribution in [3.05, 3.63) is 11.4 Å². The molecule has 2 rings (SSSR count). The first-order valence-electron chi connectivity index (χ1n) is 5.25. The maximum Gasteiger partial charge on any atom is 0.129 e. The van der Waals surface area contributed by atoms with Crippen LogP contribution in [0.15, 0.2) is 0 Å². The Bertz CT molecular complexity index is 262. The molecule has 0 bridgehead atoms. The molecule has 3 heteroatoms. The smallest absolute Gasteiger partial charge is 0.129 e. The molecule has 0 saturated heterocycles. The van der Waals surface area contributed by atoms with Gasteiger partial charge in [0, 0.05) is 11.6 Å². The predicted molar refractivity (Wildman–Crippen MR) is 56.3 cm³/mol. The van der Waals surface area contributed by atoms with E-state index in [4.69, 9.17) is 0 Å². The topological polar surface area (TPSA) is 28.7 Å². The Morgan fingerprint density at radius 1 is 1.23 bits per heavy atom. The number of nitrogens with one attached hydrogen (secondary N) is 1. The summed E-state index contributed by atoms with van der Waals surface area (Å²) < 4.78 is 7.80. The van der Waals surface area contributed by atoms with Crippen LogP contribution in [0.2, 0.25) is 0 Å². The average molecular weight is 196 g/mol. The molecule has 0 radical (unpaired) electrons. The van der Waals surface area contributed by atoms with Crippen molar-refractivity contribution in [1.82, 2.24) is 9.49 Å². The molecule has 0 amide bonds. The van der Waals surface area contributed by atoms with E-state index >= 15 is 0 Å². The zero-order valence-corrected chi connectivity index (χ0v) is 9.11. The highest BCUT2D eigenvalue weighted by molar-refractivity contribution is 7.20. The third-order valence-electron chi connectivity index (χ3n) is 3.00. The van der Waals surface area contributed by atoms with Gasteiger partial charge >= 0.3 is 0 Å². The van der Waals surface area contributed by atoms with Gasteiger partial charge in [-0.2, -0.15) is 0 Å². The van der Waals surface area contributed by atoms with Crippen LogP contribution < -0.4 is 0 Å². The average Bonchev–Trinajstić information content (AvgIpc) is 2.43. The maximum atomic E-state index is 4.52. The van der Waals surface area contributed by atoms with Crippen molar-refractivity contribution in [2.45, 2.75) is 51.4 Å². The summed E-state index contributed by atoms with van der Waals surface area (Å²) >= 11 is 0. The fourth-order valence-electron chi connectivity index (χ4n) is 2.23. The first-order valence-corrected chi connectivity index (χ1v) is 6.10. The molecule has 0 atom stereocenters. The van der Waals surface area contributed by atoms with Crippen molar-refractivity contribution in [2.24, 2.45) is 0 Å². The second-order valence-corrected chi connectivity index (χ2v) is 4.63. The molecule has 0 aliphatic heterocycles. The van der Waals surface area contributed by atoms with Crippen molar-refractivity contribution < 1.29 is 0 Å². The Kier molecular flexibility index (Phi) is 3.00. The first-order chi connectivity index (χ1) is 6.38. The molecule has 0 aromatic carbocycles. The van der Waals surface area contributed by atoms with Gasteiger partial charge in [-0.25, -0.2) is 4.75 Å². The van der Waals surface area contributed by atoms with Crippen molar-refractivity contribution in [2.75, 3.05) is 0 Å². The Morgan fingerprint density at radius 3 is 2.46 bits per heavy atom. The van der Waals surface area contributed by atoms with E-state index in [9.17, 15) is 0 Å². The van der Waals surface area contributed by atoms with Gasteiger partial charge in [0.15, 0.2) is 0 Å². The van der Waals surface area contributed by atoms with Crippen LogP contribution in [0.4, 0.5) is 0 Å². The summed E-state index contributed by atoms with van der Waals surface area (Å²) in [7, 11) is 1.04. The molecule has 72 valence electrons. The molecule has 1 heterocycles. The first kappa shape index (κ1) is 9.21. The molecule has 1 N–H and O–H groups in total. The highest BCUT2D eigenvalue weighted by atomic mass is 31.1. The van der Waals surface area contributed by atoms with Gasteiger partial charge in [0.05, 0.1) is 5.69 Å². The SMILES string of the molecule is Cc1[nH]pnc1C1CCCCCC1. The minimum atomic E-state index is 0.755. The fourth-order valence-corrected chi connectivity index (χ4v) is 2.96. The summed E-state index contributed by atoms with van der Waals surface area (Å²) in [4.78, 5) is 0. The van der Waals surface area contributed by atoms with Gasteiger partial charge in [-0.05, 0) is 19.8 Å². The number of H-pyrrole nitrogens is 1. The van der Waals surface area contributed by atoms with E-state index in [1.165, 1.54) is 49.9 Å². The number of aromatic amines is 1. The number of hydrogen-bond donors (Lipinski definition) is 1. The third-order valence-corrected chi connectivity index (χ3v) is 3.75. The van der Waals surface area contributed by atoms with Crippen LogP contribution in [0.3, 0.4) is 0 Å². The van der Waals surface area contributed by atoms with Crippen LogP contribution >= 0.6 is 8.51 Å². The van der Waals surface area contributed by atoms with E-state index < -0.39 is 0 Å². The van der Waals surface area contributed by atoms with Crippen molar-refractivity contribution in [3.63, 3.8) is 0 Å². The van der Waals surface area contributed by atoms with Gasteiger partial charge in [0.2, 0.25) is 0 Å². The summed E-state index contributed by atoms with van der Waals surface area (Å²) in [6, 6.07) is 0. The standard InChI is InChI=1S/C10H17N2P/c1-8-10(12-13-11-8)9-6-4-2-3-5-7-9/h9H,2-7H2,1H3,(H,11,12). The number of rotatable bonds is 1. The van der Waals surface area contributed by atoms with Crippen molar-refractivity contribution in [3.8, 4) is 0 Å². The number of aromatic nitrogens is 2. The predicted octanol–water partition coefficient (Wildman–Crippen LogP) is 3.74. The lowest BCUT2D eigenvalue weighted by atomic mass is 9.96. The molecule has 1 aromatic rings. The number of nitrogens with zero attached hydrogens (tertiary/aromatic N) is 1. The Balaban J connectivity index is 2.10. The summed E-state index contributed by atoms with van der Waals surface area (Å²) in [6.45, 7) is 2.16. The fraction of sp³-hybridized carbons (Fsp3) is 0.800. The Labute approximate surface area is 81.4 Å². The molecule has 1 saturated carbocycles. The third kappa shape index (κ3) is 2.11. The van der Waals surface area contributed by atoms with E-state index in [2.05, 4.69) is 16.4 Å². The molecule has 1 fully saturated rings. The van der Waals surface area contributed by atoms with Crippen molar-refractivity contribution in [1.29, 1.82) is 0 Å². The van der Waals surface area contributed by atoms with E-state index in [-0.39, 0.29) is 0 Å². The Hall–Kier alpha value is -0.360. The number of aryl methyl sites for hydroxylation is 1. The van der Waals surface area contributed by atoms with Crippen LogP contribution in [-0.2, 0) is 0 Å². The number of hydrogen-bond acceptors (Lipinski definition) is 1. The van der Waals surface area contributed by atoms with E-state index in [1.54, 1.807) is 0 Å². The zero-order chi connectivity index (χ0) is 9.10. The van der Waals surface area contributed by atoms with Crippen LogP contribution in [-0.4, -0.2) is 9.49 Å². The minimum absolute atomic E-state index is 0.755. The van der Waals surface area contributed by atoms with Crippen LogP contribution in [0.5, 0.6) is 0 Å². The van der Waals surface area contributed by atoms with E-state index in [0.29, 0.717) is 0 Å². The summed E-state index contributed by atoms with van der Waals surface area (Å²) in [5.74, 6) is 0.755. The largest absolute Gasteiger partial charge is 0.325 e. The van der Waals surface area contributed by atoms with Crippen LogP contribution in [0.1, 0.15) is 55.8 Å². The molecule has 2 nitrogen and oxygen atoms in total. The molecule has 0 spiro atoms. The van der Waals surface area contributed by atoms with Crippen LogP contribution in [0.25, 0.3) is 0 Å². The summed E-state index contributed by atoms with van der Waals surface area (Å²) in [5.41, 5.74) is 2.68. The van der Waals surface area contributed by atoms with Crippen molar-refractivity contribution >= 4 is 8.51 Å². The summed E-state index contributed by atoms with van der Waals surface area (Å²) in [5, 5.41) is 0. The Morgan fingerprint density at radius 2 is 1.92 bits per heavy atom. The zero-order valence-electron chi connectivity index (χ0n) is 8.21. The van der Waals surface area contributed by atoms with Gasteiger partial charge in [-0.1, -0.05) is 25.7 Å². The van der Waals surface area contributed by atoms with Crippen LogP contribution in [0, 0.1) is 6.92 Å². The lowest BCUT2D eigenvalue weighted by Crippen LogP contribution is -1.99. The molecule has 1 aliphatic rings.